The fourth-order valence-corrected chi connectivity index (χ4v) is 2.47. The summed E-state index contributed by atoms with van der Waals surface area (Å²) in [5.74, 6) is 2.64. The molecule has 2 aliphatic carbocycles. The van der Waals surface area contributed by atoms with Gasteiger partial charge in [-0.25, -0.2) is 0 Å². The van der Waals surface area contributed by atoms with Crippen molar-refractivity contribution in [2.24, 2.45) is 11.8 Å². The Hall–Kier alpha value is -1.10. The lowest BCUT2D eigenvalue weighted by molar-refractivity contribution is 0.676. The number of rotatable bonds is 6. The average Bonchev–Trinajstić information content (AvgIpc) is 3.19. The zero-order valence-electron chi connectivity index (χ0n) is 11.4. The number of hydrogen-bond donors (Lipinski definition) is 2. The zero-order chi connectivity index (χ0) is 13.4. The van der Waals surface area contributed by atoms with E-state index in [1.165, 1.54) is 25.7 Å². The van der Waals surface area contributed by atoms with Crippen molar-refractivity contribution < 1.29 is 0 Å². The molecule has 2 atom stereocenters. The van der Waals surface area contributed by atoms with Crippen LogP contribution in [0.4, 0.5) is 11.9 Å². The first-order valence-electron chi connectivity index (χ1n) is 7.06. The van der Waals surface area contributed by atoms with Crippen LogP contribution < -0.4 is 10.6 Å². The van der Waals surface area contributed by atoms with Crippen LogP contribution in [0.25, 0.3) is 0 Å². The molecular formula is C13H20ClN5. The van der Waals surface area contributed by atoms with Gasteiger partial charge in [-0.2, -0.15) is 15.0 Å². The molecule has 2 N–H and O–H groups in total. The van der Waals surface area contributed by atoms with Crippen LogP contribution in [0.1, 0.15) is 39.5 Å². The summed E-state index contributed by atoms with van der Waals surface area (Å²) in [7, 11) is 0. The van der Waals surface area contributed by atoms with E-state index in [0.29, 0.717) is 24.0 Å². The van der Waals surface area contributed by atoms with Crippen molar-refractivity contribution >= 4 is 23.5 Å². The highest BCUT2D eigenvalue weighted by Crippen LogP contribution is 2.34. The molecule has 2 saturated carbocycles. The molecule has 0 aromatic carbocycles. The van der Waals surface area contributed by atoms with Crippen LogP contribution in [-0.2, 0) is 0 Å². The minimum atomic E-state index is 0.242. The van der Waals surface area contributed by atoms with Crippen LogP contribution in [0.15, 0.2) is 0 Å². The van der Waals surface area contributed by atoms with Crippen LogP contribution in [0.5, 0.6) is 0 Å². The second kappa shape index (κ2) is 5.12. The molecule has 2 aliphatic rings. The summed E-state index contributed by atoms with van der Waals surface area (Å²) in [4.78, 5) is 12.7. The van der Waals surface area contributed by atoms with Crippen LogP contribution >= 0.6 is 11.6 Å². The normalized spacial score (nSPS) is 21.8. The molecule has 2 fully saturated rings. The highest BCUT2D eigenvalue weighted by molar-refractivity contribution is 6.28. The van der Waals surface area contributed by atoms with Gasteiger partial charge in [0.1, 0.15) is 0 Å². The molecule has 0 amide bonds. The lowest BCUT2D eigenvalue weighted by Crippen LogP contribution is -2.22. The zero-order valence-corrected chi connectivity index (χ0v) is 12.1. The van der Waals surface area contributed by atoms with Gasteiger partial charge in [-0.15, -0.1) is 0 Å². The van der Waals surface area contributed by atoms with E-state index in [-0.39, 0.29) is 5.28 Å². The second-order valence-corrected chi connectivity index (χ2v) is 6.13. The van der Waals surface area contributed by atoms with Crippen LogP contribution in [0.2, 0.25) is 5.28 Å². The number of hydrogen-bond acceptors (Lipinski definition) is 5. The summed E-state index contributed by atoms with van der Waals surface area (Å²) in [6.07, 6.45) is 5.15. The third-order valence-electron chi connectivity index (χ3n) is 3.98. The van der Waals surface area contributed by atoms with E-state index in [2.05, 4.69) is 39.4 Å². The molecule has 0 bridgehead atoms. The predicted molar refractivity (Wildman–Crippen MR) is 76.5 cm³/mol. The molecule has 0 saturated heterocycles. The Morgan fingerprint density at radius 1 is 0.895 bits per heavy atom. The standard InChI is InChI=1S/C13H20ClN5/c1-7(9-3-4-9)15-12-17-11(14)18-13(19-12)16-8(2)10-5-6-10/h7-10H,3-6H2,1-2H3,(H2,15,16,17,18,19)/t7-,8-/m1/s1. The fourth-order valence-electron chi connectivity index (χ4n) is 2.31. The van der Waals surface area contributed by atoms with E-state index in [4.69, 9.17) is 11.6 Å². The maximum atomic E-state index is 5.97. The first-order valence-corrected chi connectivity index (χ1v) is 7.44. The molecule has 1 heterocycles. The molecule has 0 aliphatic heterocycles. The Balaban J connectivity index is 1.67. The highest BCUT2D eigenvalue weighted by atomic mass is 35.5. The quantitative estimate of drug-likeness (QED) is 0.839. The van der Waals surface area contributed by atoms with Gasteiger partial charge in [-0.3, -0.25) is 0 Å². The maximum Gasteiger partial charge on any atom is 0.229 e. The summed E-state index contributed by atoms with van der Waals surface area (Å²) in [6.45, 7) is 4.32. The number of anilines is 2. The smallest absolute Gasteiger partial charge is 0.229 e. The third-order valence-corrected chi connectivity index (χ3v) is 4.15. The Morgan fingerprint density at radius 3 is 1.68 bits per heavy atom. The lowest BCUT2D eigenvalue weighted by atomic mass is 10.2. The molecule has 6 heteroatoms. The Kier molecular flexibility index (Phi) is 3.48. The molecule has 0 radical (unpaired) electrons. The predicted octanol–water partition coefficient (Wildman–Crippen LogP) is 2.95. The molecular weight excluding hydrogens is 262 g/mol. The molecule has 19 heavy (non-hydrogen) atoms. The van der Waals surface area contributed by atoms with Gasteiger partial charge in [0.05, 0.1) is 0 Å². The number of nitrogens with one attached hydrogen (secondary N) is 2. The SMILES string of the molecule is C[C@@H](Nc1nc(Cl)nc(N[C@H](C)C2CC2)n1)C1CC1. The topological polar surface area (TPSA) is 62.7 Å². The fraction of sp³-hybridized carbons (Fsp3) is 0.769. The van der Waals surface area contributed by atoms with E-state index in [9.17, 15) is 0 Å². The largest absolute Gasteiger partial charge is 0.351 e. The highest BCUT2D eigenvalue weighted by Gasteiger charge is 2.29. The van der Waals surface area contributed by atoms with Gasteiger partial charge >= 0.3 is 0 Å². The third kappa shape index (κ3) is 3.47. The molecule has 104 valence electrons. The van der Waals surface area contributed by atoms with E-state index < -0.39 is 0 Å². The summed E-state index contributed by atoms with van der Waals surface area (Å²) in [6, 6.07) is 0.791. The van der Waals surface area contributed by atoms with Gasteiger partial charge in [0.25, 0.3) is 0 Å². The first kappa shape index (κ1) is 12.9. The van der Waals surface area contributed by atoms with Gasteiger partial charge in [0.15, 0.2) is 0 Å². The van der Waals surface area contributed by atoms with Crippen LogP contribution in [0, 0.1) is 11.8 Å². The van der Waals surface area contributed by atoms with Gasteiger partial charge in [-0.05, 0) is 63.0 Å². The van der Waals surface area contributed by atoms with Gasteiger partial charge < -0.3 is 10.6 Å². The van der Waals surface area contributed by atoms with E-state index in [1.807, 2.05) is 0 Å². The van der Waals surface area contributed by atoms with Crippen molar-refractivity contribution in [1.29, 1.82) is 0 Å². The molecule has 0 unspecified atom stereocenters. The number of aromatic nitrogens is 3. The second-order valence-electron chi connectivity index (χ2n) is 5.79. The maximum absolute atomic E-state index is 5.97. The molecule has 3 rings (SSSR count). The summed E-state index contributed by atoms with van der Waals surface area (Å²) >= 11 is 5.97. The average molecular weight is 282 g/mol. The van der Waals surface area contributed by atoms with Crippen molar-refractivity contribution in [3.63, 3.8) is 0 Å². The van der Waals surface area contributed by atoms with Crippen molar-refractivity contribution in [2.75, 3.05) is 10.6 Å². The summed E-state index contributed by atoms with van der Waals surface area (Å²) < 4.78 is 0. The Morgan fingerprint density at radius 2 is 1.32 bits per heavy atom. The minimum absolute atomic E-state index is 0.242. The van der Waals surface area contributed by atoms with Crippen molar-refractivity contribution in [2.45, 2.75) is 51.6 Å². The van der Waals surface area contributed by atoms with Gasteiger partial charge in [0.2, 0.25) is 17.2 Å². The molecule has 1 aromatic heterocycles. The van der Waals surface area contributed by atoms with Crippen molar-refractivity contribution in [1.82, 2.24) is 15.0 Å². The van der Waals surface area contributed by atoms with Gasteiger partial charge in [-0.1, -0.05) is 0 Å². The van der Waals surface area contributed by atoms with Crippen molar-refractivity contribution in [3.8, 4) is 0 Å². The Bertz CT molecular complexity index is 420. The minimum Gasteiger partial charge on any atom is -0.351 e. The lowest BCUT2D eigenvalue weighted by Gasteiger charge is -2.15. The van der Waals surface area contributed by atoms with E-state index >= 15 is 0 Å². The summed E-state index contributed by atoms with van der Waals surface area (Å²) in [5.41, 5.74) is 0. The van der Waals surface area contributed by atoms with E-state index in [1.54, 1.807) is 0 Å². The van der Waals surface area contributed by atoms with Crippen LogP contribution in [-0.4, -0.2) is 27.0 Å². The monoisotopic (exact) mass is 281 g/mol. The van der Waals surface area contributed by atoms with Crippen molar-refractivity contribution in [3.05, 3.63) is 5.28 Å². The van der Waals surface area contributed by atoms with Gasteiger partial charge in [0, 0.05) is 12.1 Å². The summed E-state index contributed by atoms with van der Waals surface area (Å²) in [5, 5.41) is 6.87. The van der Waals surface area contributed by atoms with Crippen LogP contribution in [0.3, 0.4) is 0 Å². The molecule has 1 aromatic rings. The Labute approximate surface area is 118 Å². The molecule has 5 nitrogen and oxygen atoms in total. The molecule has 0 spiro atoms. The van der Waals surface area contributed by atoms with E-state index in [0.717, 1.165) is 11.8 Å². The number of halogens is 1. The first-order chi connectivity index (χ1) is 9.11. The number of nitrogens with zero attached hydrogens (tertiary/aromatic N) is 3.